The van der Waals surface area contributed by atoms with Crippen LogP contribution in [0, 0.1) is 11.6 Å². The van der Waals surface area contributed by atoms with Gasteiger partial charge in [-0.1, -0.05) is 48.8 Å². The van der Waals surface area contributed by atoms with Gasteiger partial charge in [-0.2, -0.15) is 0 Å². The number of aromatic nitrogens is 1. The molecule has 0 aliphatic carbocycles. The van der Waals surface area contributed by atoms with E-state index in [0.717, 1.165) is 25.0 Å². The number of carbonyl (C=O) groups is 1. The number of nitrogens with one attached hydrogen (secondary N) is 1. The molecule has 0 saturated carbocycles. The topological polar surface area (TPSA) is 55.1 Å². The molecule has 0 spiro atoms. The van der Waals surface area contributed by atoms with Crippen molar-refractivity contribution >= 4 is 5.91 Å². The number of halogens is 2. The van der Waals surface area contributed by atoms with E-state index in [9.17, 15) is 13.6 Å². The summed E-state index contributed by atoms with van der Waals surface area (Å²) in [6.07, 6.45) is 1.95. The summed E-state index contributed by atoms with van der Waals surface area (Å²) in [7, 11) is 0. The van der Waals surface area contributed by atoms with Gasteiger partial charge >= 0.3 is 0 Å². The summed E-state index contributed by atoms with van der Waals surface area (Å²) < 4.78 is 31.5. The molecule has 3 aromatic rings. The molecule has 4 nitrogen and oxygen atoms in total. The summed E-state index contributed by atoms with van der Waals surface area (Å²) >= 11 is 0. The van der Waals surface area contributed by atoms with Crippen LogP contribution in [0.25, 0.3) is 11.3 Å². The molecular formula is C21H20F2N2O2. The molecule has 3 rings (SSSR count). The molecule has 1 N–H and O–H groups in total. The zero-order chi connectivity index (χ0) is 19.2. The summed E-state index contributed by atoms with van der Waals surface area (Å²) in [4.78, 5) is 12.4. The van der Waals surface area contributed by atoms with Gasteiger partial charge in [0.1, 0.15) is 0 Å². The van der Waals surface area contributed by atoms with Crippen LogP contribution in [0.15, 0.2) is 59.1 Å². The third-order valence-electron chi connectivity index (χ3n) is 4.36. The highest BCUT2D eigenvalue weighted by Crippen LogP contribution is 2.23. The van der Waals surface area contributed by atoms with E-state index in [1.807, 2.05) is 30.3 Å². The average Bonchev–Trinajstić information content (AvgIpc) is 3.18. The van der Waals surface area contributed by atoms with Crippen LogP contribution in [-0.4, -0.2) is 17.6 Å². The molecule has 27 heavy (non-hydrogen) atoms. The lowest BCUT2D eigenvalue weighted by Crippen LogP contribution is -2.28. The third kappa shape index (κ3) is 4.58. The number of rotatable bonds is 7. The Labute approximate surface area is 156 Å². The van der Waals surface area contributed by atoms with Crippen LogP contribution in [0.2, 0.25) is 0 Å². The smallest absolute Gasteiger partial charge is 0.273 e. The van der Waals surface area contributed by atoms with Gasteiger partial charge in [0.2, 0.25) is 0 Å². The highest BCUT2D eigenvalue weighted by molar-refractivity contribution is 5.93. The van der Waals surface area contributed by atoms with Crippen molar-refractivity contribution in [2.75, 3.05) is 6.54 Å². The summed E-state index contributed by atoms with van der Waals surface area (Å²) in [6, 6.07) is 14.8. The molecule has 1 amide bonds. The number of nitrogens with zero attached hydrogens (tertiary/aromatic N) is 1. The largest absolute Gasteiger partial charge is 0.355 e. The summed E-state index contributed by atoms with van der Waals surface area (Å²) in [5.41, 5.74) is 1.58. The molecule has 140 valence electrons. The van der Waals surface area contributed by atoms with Crippen LogP contribution < -0.4 is 5.32 Å². The minimum atomic E-state index is -0.986. The van der Waals surface area contributed by atoms with Crippen molar-refractivity contribution in [3.05, 3.63) is 77.5 Å². The predicted molar refractivity (Wildman–Crippen MR) is 98.3 cm³/mol. The highest BCUT2D eigenvalue weighted by Gasteiger charge is 2.17. The number of benzene rings is 2. The fraction of sp³-hybridized carbons (Fsp3) is 0.238. The van der Waals surface area contributed by atoms with Gasteiger partial charge in [0, 0.05) is 24.1 Å². The Morgan fingerprint density at radius 3 is 2.59 bits per heavy atom. The van der Waals surface area contributed by atoms with Crippen LogP contribution >= 0.6 is 0 Å². The second kappa shape index (κ2) is 8.58. The van der Waals surface area contributed by atoms with Crippen LogP contribution in [0.3, 0.4) is 0 Å². The molecule has 0 saturated heterocycles. The van der Waals surface area contributed by atoms with Crippen LogP contribution in [0.4, 0.5) is 8.78 Å². The zero-order valence-electron chi connectivity index (χ0n) is 14.9. The van der Waals surface area contributed by atoms with E-state index in [0.29, 0.717) is 12.1 Å². The molecule has 0 fully saturated rings. The van der Waals surface area contributed by atoms with E-state index < -0.39 is 11.6 Å². The lowest BCUT2D eigenvalue weighted by Gasteiger charge is -2.17. The Kier molecular flexibility index (Phi) is 5.96. The predicted octanol–water partition coefficient (Wildman–Crippen LogP) is 4.93. The molecule has 0 bridgehead atoms. The fourth-order valence-electron chi connectivity index (χ4n) is 2.93. The van der Waals surface area contributed by atoms with E-state index >= 15 is 0 Å². The first-order chi connectivity index (χ1) is 13.1. The molecule has 1 atom stereocenters. The van der Waals surface area contributed by atoms with Crippen molar-refractivity contribution in [1.29, 1.82) is 0 Å². The van der Waals surface area contributed by atoms with Gasteiger partial charge in [0.15, 0.2) is 23.1 Å². The minimum Gasteiger partial charge on any atom is -0.355 e. The molecule has 0 radical (unpaired) electrons. The zero-order valence-corrected chi connectivity index (χ0v) is 14.9. The number of hydrogen-bond acceptors (Lipinski definition) is 3. The number of carbonyl (C=O) groups excluding carboxylic acids is 1. The summed E-state index contributed by atoms with van der Waals surface area (Å²) in [6.45, 7) is 2.58. The third-order valence-corrected chi connectivity index (χ3v) is 4.36. The average molecular weight is 370 g/mol. The molecule has 0 unspecified atom stereocenters. The van der Waals surface area contributed by atoms with Crippen molar-refractivity contribution < 1.29 is 18.1 Å². The van der Waals surface area contributed by atoms with Gasteiger partial charge < -0.3 is 9.84 Å². The maximum atomic E-state index is 13.4. The minimum absolute atomic E-state index is 0.0954. The van der Waals surface area contributed by atoms with Crippen LogP contribution in [-0.2, 0) is 0 Å². The quantitative estimate of drug-likeness (QED) is 0.641. The first-order valence-corrected chi connectivity index (χ1v) is 8.83. The summed E-state index contributed by atoms with van der Waals surface area (Å²) in [5, 5.41) is 6.61. The van der Waals surface area contributed by atoms with Gasteiger partial charge in [-0.15, -0.1) is 0 Å². The van der Waals surface area contributed by atoms with Crippen LogP contribution in [0.1, 0.15) is 41.7 Å². The normalized spacial score (nSPS) is 12.0. The lowest BCUT2D eigenvalue weighted by atomic mass is 9.94. The molecule has 2 aromatic carbocycles. The van der Waals surface area contributed by atoms with Gasteiger partial charge in [0.25, 0.3) is 5.91 Å². The van der Waals surface area contributed by atoms with Crippen molar-refractivity contribution in [2.24, 2.45) is 0 Å². The number of hydrogen-bond donors (Lipinski definition) is 1. The van der Waals surface area contributed by atoms with E-state index in [4.69, 9.17) is 4.52 Å². The molecule has 1 heterocycles. The molecular weight excluding hydrogens is 350 g/mol. The molecule has 0 aliphatic heterocycles. The van der Waals surface area contributed by atoms with Crippen molar-refractivity contribution in [1.82, 2.24) is 10.5 Å². The standard InChI is InChI=1S/C21H20F2N2O2/c1-2-6-16(14-7-4-3-5-8-14)13-24-21(26)19-12-20(27-25-19)15-9-10-17(22)18(23)11-15/h3-5,7-12,16H,2,6,13H2,1H3,(H,24,26)/t16-/m0/s1. The Bertz CT molecular complexity index is 910. The molecule has 6 heteroatoms. The second-order valence-corrected chi connectivity index (χ2v) is 6.31. The maximum absolute atomic E-state index is 13.4. The van der Waals surface area contributed by atoms with E-state index in [1.54, 1.807) is 0 Å². The SMILES string of the molecule is CCC[C@@H](CNC(=O)c1cc(-c2ccc(F)c(F)c2)on1)c1ccccc1. The Hall–Kier alpha value is -3.02. The lowest BCUT2D eigenvalue weighted by molar-refractivity contribution is 0.0941. The Morgan fingerprint density at radius 1 is 1.11 bits per heavy atom. The molecule has 1 aromatic heterocycles. The first kappa shape index (κ1) is 18.8. The van der Waals surface area contributed by atoms with E-state index in [1.165, 1.54) is 17.7 Å². The number of amides is 1. The Morgan fingerprint density at radius 2 is 1.89 bits per heavy atom. The summed E-state index contributed by atoms with van der Waals surface area (Å²) in [5.74, 6) is -1.89. The van der Waals surface area contributed by atoms with Crippen molar-refractivity contribution in [3.63, 3.8) is 0 Å². The van der Waals surface area contributed by atoms with Crippen molar-refractivity contribution in [3.8, 4) is 11.3 Å². The monoisotopic (exact) mass is 370 g/mol. The van der Waals surface area contributed by atoms with Gasteiger partial charge in [0.05, 0.1) is 0 Å². The maximum Gasteiger partial charge on any atom is 0.273 e. The second-order valence-electron chi connectivity index (χ2n) is 6.31. The van der Waals surface area contributed by atoms with Crippen molar-refractivity contribution in [2.45, 2.75) is 25.7 Å². The van der Waals surface area contributed by atoms with E-state index in [2.05, 4.69) is 17.4 Å². The Balaban J connectivity index is 1.67. The van der Waals surface area contributed by atoms with Gasteiger partial charge in [-0.25, -0.2) is 8.78 Å². The fourth-order valence-corrected chi connectivity index (χ4v) is 2.93. The first-order valence-electron chi connectivity index (χ1n) is 8.83. The van der Waals surface area contributed by atoms with Crippen LogP contribution in [0.5, 0.6) is 0 Å². The highest BCUT2D eigenvalue weighted by atomic mass is 19.2. The van der Waals surface area contributed by atoms with Gasteiger partial charge in [-0.05, 0) is 30.2 Å². The molecule has 0 aliphatic rings. The van der Waals surface area contributed by atoms with Gasteiger partial charge in [-0.3, -0.25) is 4.79 Å². The van der Waals surface area contributed by atoms with E-state index in [-0.39, 0.29) is 23.3 Å².